The van der Waals surface area contributed by atoms with Crippen LogP contribution in [0.1, 0.15) is 47.6 Å². The van der Waals surface area contributed by atoms with E-state index in [9.17, 15) is 4.79 Å². The Bertz CT molecular complexity index is 694. The number of rotatable bonds is 4. The van der Waals surface area contributed by atoms with Crippen LogP contribution in [0.25, 0.3) is 0 Å². The number of carbonyl (C=O) groups is 1. The van der Waals surface area contributed by atoms with Gasteiger partial charge in [-0.1, -0.05) is 49.4 Å². The van der Waals surface area contributed by atoms with Crippen LogP contribution in [0.5, 0.6) is 0 Å². The molecule has 114 valence electrons. The number of carbonyl (C=O) groups excluding carboxylic acids is 1. The molecule has 0 fully saturated rings. The maximum Gasteiger partial charge on any atom is 0.232 e. The molecule has 1 aliphatic heterocycles. The minimum atomic E-state index is -0.0559. The third-order valence-electron chi connectivity index (χ3n) is 4.46. The van der Waals surface area contributed by atoms with Crippen LogP contribution in [-0.4, -0.2) is 5.91 Å². The molecule has 2 aromatic carbocycles. The third-order valence-corrected chi connectivity index (χ3v) is 4.46. The molecule has 1 aliphatic rings. The first-order chi connectivity index (χ1) is 10.6. The summed E-state index contributed by atoms with van der Waals surface area (Å²) in [5, 5.41) is 3.00. The van der Waals surface area contributed by atoms with Gasteiger partial charge in [-0.15, -0.1) is 0 Å². The van der Waals surface area contributed by atoms with Crippen molar-refractivity contribution in [1.29, 1.82) is 0 Å². The molecule has 2 atom stereocenters. The maximum atomic E-state index is 12.0. The van der Waals surface area contributed by atoms with Crippen LogP contribution in [0.4, 0.5) is 5.69 Å². The second kappa shape index (κ2) is 5.93. The van der Waals surface area contributed by atoms with Gasteiger partial charge in [0.25, 0.3) is 0 Å². The summed E-state index contributed by atoms with van der Waals surface area (Å²) in [4.78, 5) is 12.0. The van der Waals surface area contributed by atoms with E-state index in [0.717, 1.165) is 35.2 Å². The normalized spacial score (nSPS) is 18.0. The minimum Gasteiger partial charge on any atom is -0.325 e. The first-order valence-electron chi connectivity index (χ1n) is 7.85. The number of benzene rings is 2. The number of fused-ring (bicyclic) bond motifs is 1. The fourth-order valence-electron chi connectivity index (χ4n) is 3.25. The van der Waals surface area contributed by atoms with Crippen molar-refractivity contribution >= 4 is 11.6 Å². The van der Waals surface area contributed by atoms with E-state index in [1.54, 1.807) is 0 Å². The number of hydrogen-bond donors (Lipinski definition) is 2. The highest BCUT2D eigenvalue weighted by Crippen LogP contribution is 2.38. The zero-order valence-electron chi connectivity index (χ0n) is 13.1. The molecule has 2 unspecified atom stereocenters. The lowest BCUT2D eigenvalue weighted by Gasteiger charge is -2.16. The molecule has 0 saturated carbocycles. The molecule has 3 nitrogen and oxygen atoms in total. The van der Waals surface area contributed by atoms with Crippen LogP contribution < -0.4 is 11.1 Å². The van der Waals surface area contributed by atoms with Gasteiger partial charge in [-0.05, 0) is 42.0 Å². The second-order valence-electron chi connectivity index (χ2n) is 6.05. The number of nitrogens with one attached hydrogen (secondary N) is 1. The molecular formula is C19H22N2O. The maximum absolute atomic E-state index is 12.0. The minimum absolute atomic E-state index is 0.0439. The number of hydrogen-bond acceptors (Lipinski definition) is 2. The topological polar surface area (TPSA) is 55.1 Å². The molecule has 3 N–H and O–H groups in total. The Kier molecular flexibility index (Phi) is 3.99. The third kappa shape index (κ3) is 2.64. The first kappa shape index (κ1) is 14.8. The summed E-state index contributed by atoms with van der Waals surface area (Å²) in [6, 6.07) is 14.4. The highest BCUT2D eigenvalue weighted by Gasteiger charge is 2.30. The van der Waals surface area contributed by atoms with E-state index in [0.29, 0.717) is 0 Å². The monoisotopic (exact) mass is 294 g/mol. The van der Waals surface area contributed by atoms with Gasteiger partial charge in [0.15, 0.2) is 0 Å². The first-order valence-corrected chi connectivity index (χ1v) is 7.85. The molecule has 1 amide bonds. The van der Waals surface area contributed by atoms with E-state index in [-0.39, 0.29) is 17.9 Å². The van der Waals surface area contributed by atoms with Crippen LogP contribution in [0.15, 0.2) is 42.5 Å². The molecule has 3 heteroatoms. The van der Waals surface area contributed by atoms with Crippen molar-refractivity contribution in [3.05, 3.63) is 64.7 Å². The van der Waals surface area contributed by atoms with E-state index in [4.69, 9.17) is 5.73 Å². The molecule has 0 spiro atoms. The van der Waals surface area contributed by atoms with Crippen LogP contribution in [-0.2, 0) is 11.2 Å². The van der Waals surface area contributed by atoms with Gasteiger partial charge in [0.1, 0.15) is 0 Å². The molecule has 0 aromatic heterocycles. The summed E-state index contributed by atoms with van der Waals surface area (Å²) in [6.07, 6.45) is 1.62. The molecule has 0 aliphatic carbocycles. The van der Waals surface area contributed by atoms with Gasteiger partial charge in [-0.25, -0.2) is 0 Å². The van der Waals surface area contributed by atoms with E-state index in [2.05, 4.69) is 29.6 Å². The summed E-state index contributed by atoms with van der Waals surface area (Å²) in [6.45, 7) is 4.08. The van der Waals surface area contributed by atoms with Gasteiger partial charge >= 0.3 is 0 Å². The van der Waals surface area contributed by atoms with Gasteiger partial charge in [0, 0.05) is 11.7 Å². The summed E-state index contributed by atoms with van der Waals surface area (Å²) >= 11 is 0. The Labute approximate surface area is 131 Å². The van der Waals surface area contributed by atoms with Crippen molar-refractivity contribution in [3.63, 3.8) is 0 Å². The molecular weight excluding hydrogens is 272 g/mol. The van der Waals surface area contributed by atoms with Gasteiger partial charge < -0.3 is 11.1 Å². The van der Waals surface area contributed by atoms with Crippen LogP contribution in [0.3, 0.4) is 0 Å². The Hall–Kier alpha value is -2.13. The molecule has 0 radical (unpaired) electrons. The number of anilines is 1. The van der Waals surface area contributed by atoms with Crippen molar-refractivity contribution in [1.82, 2.24) is 0 Å². The second-order valence-corrected chi connectivity index (χ2v) is 6.05. The highest BCUT2D eigenvalue weighted by atomic mass is 16.2. The predicted molar refractivity (Wildman–Crippen MR) is 89.9 cm³/mol. The fourth-order valence-corrected chi connectivity index (χ4v) is 3.25. The van der Waals surface area contributed by atoms with E-state index in [1.165, 1.54) is 5.56 Å². The van der Waals surface area contributed by atoms with E-state index < -0.39 is 0 Å². The predicted octanol–water partition coefficient (Wildman–Crippen LogP) is 3.68. The number of amides is 1. The Morgan fingerprint density at radius 3 is 2.64 bits per heavy atom. The van der Waals surface area contributed by atoms with E-state index in [1.807, 2.05) is 32.0 Å². The Morgan fingerprint density at radius 1 is 1.23 bits per heavy atom. The largest absolute Gasteiger partial charge is 0.325 e. The van der Waals surface area contributed by atoms with Gasteiger partial charge in [0.2, 0.25) is 5.91 Å². The molecule has 0 bridgehead atoms. The van der Waals surface area contributed by atoms with Gasteiger partial charge in [-0.2, -0.15) is 0 Å². The molecule has 0 saturated heterocycles. The number of aryl methyl sites for hydroxylation is 1. The average molecular weight is 294 g/mol. The molecule has 3 rings (SSSR count). The van der Waals surface area contributed by atoms with Crippen LogP contribution >= 0.6 is 0 Å². The van der Waals surface area contributed by atoms with Crippen molar-refractivity contribution in [2.75, 3.05) is 5.32 Å². The van der Waals surface area contributed by atoms with Crippen molar-refractivity contribution in [2.24, 2.45) is 5.73 Å². The number of nitrogens with two attached hydrogens (primary N) is 1. The summed E-state index contributed by atoms with van der Waals surface area (Å²) in [5.41, 5.74) is 11.9. The van der Waals surface area contributed by atoms with E-state index >= 15 is 0 Å². The van der Waals surface area contributed by atoms with Gasteiger partial charge in [-0.3, -0.25) is 4.79 Å². The van der Waals surface area contributed by atoms with Gasteiger partial charge in [0.05, 0.1) is 5.92 Å². The SMILES string of the molecule is CCC1C(=O)Nc2c(C)cc(C(N)Cc3ccccc3)cc21. The Balaban J connectivity index is 1.91. The highest BCUT2D eigenvalue weighted by molar-refractivity contribution is 6.03. The van der Waals surface area contributed by atoms with Crippen molar-refractivity contribution in [3.8, 4) is 0 Å². The lowest BCUT2D eigenvalue weighted by molar-refractivity contribution is -0.117. The Morgan fingerprint density at radius 2 is 1.95 bits per heavy atom. The summed E-state index contributed by atoms with van der Waals surface area (Å²) in [7, 11) is 0. The van der Waals surface area contributed by atoms with Crippen LogP contribution in [0.2, 0.25) is 0 Å². The van der Waals surface area contributed by atoms with Crippen molar-refractivity contribution < 1.29 is 4.79 Å². The fraction of sp³-hybridized carbons (Fsp3) is 0.316. The molecule has 1 heterocycles. The quantitative estimate of drug-likeness (QED) is 0.903. The average Bonchev–Trinajstić information content (AvgIpc) is 2.84. The smallest absolute Gasteiger partial charge is 0.232 e. The molecule has 22 heavy (non-hydrogen) atoms. The molecule has 2 aromatic rings. The zero-order valence-corrected chi connectivity index (χ0v) is 13.1. The lowest BCUT2D eigenvalue weighted by Crippen LogP contribution is -2.14. The lowest BCUT2D eigenvalue weighted by atomic mass is 9.91. The van der Waals surface area contributed by atoms with Crippen molar-refractivity contribution in [2.45, 2.75) is 38.6 Å². The summed E-state index contributed by atoms with van der Waals surface area (Å²) < 4.78 is 0. The summed E-state index contributed by atoms with van der Waals surface area (Å²) in [5.74, 6) is 0.0620. The standard InChI is InChI=1S/C19H22N2O/c1-3-15-16-11-14(9-12(2)18(16)21-19(15)22)17(20)10-13-7-5-4-6-8-13/h4-9,11,15,17H,3,10,20H2,1-2H3,(H,21,22). The van der Waals surface area contributed by atoms with Crippen LogP contribution in [0, 0.1) is 6.92 Å². The zero-order chi connectivity index (χ0) is 15.7.